The summed E-state index contributed by atoms with van der Waals surface area (Å²) in [5, 5.41) is 14.3. The number of carbonyl (C=O) groups is 1. The largest absolute Gasteiger partial charge is 0.478 e. The zero-order valence-corrected chi connectivity index (χ0v) is 20.7. The average molecular weight is 478 g/mol. The minimum Gasteiger partial charge on any atom is -0.478 e. The summed E-state index contributed by atoms with van der Waals surface area (Å²) >= 11 is 6.53. The molecular weight excluding hydrogens is 450 g/mol. The topological polar surface area (TPSA) is 75.1 Å². The van der Waals surface area contributed by atoms with Crippen LogP contribution in [0.1, 0.15) is 45.3 Å². The summed E-state index contributed by atoms with van der Waals surface area (Å²) < 4.78 is 1.36. The maximum atomic E-state index is 11.6. The highest BCUT2D eigenvalue weighted by molar-refractivity contribution is 7.80. The Bertz CT molecular complexity index is 1330. The van der Waals surface area contributed by atoms with E-state index in [1.54, 1.807) is 12.1 Å². The Kier molecular flexibility index (Phi) is 7.00. The van der Waals surface area contributed by atoms with Crippen molar-refractivity contribution in [1.29, 1.82) is 0 Å². The molecule has 0 fully saturated rings. The van der Waals surface area contributed by atoms with Gasteiger partial charge in [-0.25, -0.2) is 14.8 Å². The number of benzene rings is 2. The molecule has 4 rings (SSSR count). The smallest absolute Gasteiger partial charge is 0.336 e. The van der Waals surface area contributed by atoms with E-state index in [9.17, 15) is 9.90 Å². The monoisotopic (exact) mass is 477 g/mol. The number of nitrogens with one attached hydrogen (secondary N) is 1. The van der Waals surface area contributed by atoms with Gasteiger partial charge in [-0.1, -0.05) is 37.6 Å². The highest BCUT2D eigenvalue weighted by atomic mass is 32.1. The van der Waals surface area contributed by atoms with E-state index in [1.807, 2.05) is 24.3 Å². The highest BCUT2D eigenvalue weighted by Gasteiger charge is 2.17. The fourth-order valence-corrected chi connectivity index (χ4v) is 5.80. The van der Waals surface area contributed by atoms with E-state index in [0.29, 0.717) is 16.9 Å². The van der Waals surface area contributed by atoms with Crippen LogP contribution >= 0.6 is 24.0 Å². The molecule has 0 aliphatic heterocycles. The third-order valence-corrected chi connectivity index (χ3v) is 7.66. The Morgan fingerprint density at radius 3 is 2.70 bits per heavy atom. The lowest BCUT2D eigenvalue weighted by atomic mass is 9.98. The van der Waals surface area contributed by atoms with E-state index in [4.69, 9.17) is 0 Å². The molecule has 5 nitrogen and oxygen atoms in total. The molecule has 0 amide bonds. The molecule has 33 heavy (non-hydrogen) atoms. The van der Waals surface area contributed by atoms with Crippen molar-refractivity contribution in [3.05, 3.63) is 69.9 Å². The predicted octanol–water partition coefficient (Wildman–Crippen LogP) is 6.57. The van der Waals surface area contributed by atoms with Gasteiger partial charge in [0.05, 0.1) is 11.3 Å². The van der Waals surface area contributed by atoms with E-state index in [0.717, 1.165) is 42.0 Å². The fourth-order valence-electron chi connectivity index (χ4n) is 4.20. The molecule has 2 N–H and O–H groups in total. The standard InChI is InChI=1S/C26H27N3O2S2/c1-4-6-18-20(26(30)31)9-10-21(24(18)32)22-13-23(29-14-28-22)27-12-11-17-16(3)33-25-15(2)7-5-8-19(17)25/h5,7-10,13-14,32H,4,6,11-12H2,1-3H3,(H,30,31)(H,27,28,29). The van der Waals surface area contributed by atoms with Crippen LogP contribution in [0.25, 0.3) is 21.3 Å². The number of carboxylic acids is 1. The van der Waals surface area contributed by atoms with Crippen molar-refractivity contribution in [2.75, 3.05) is 11.9 Å². The number of aromatic carboxylic acids is 1. The summed E-state index contributed by atoms with van der Waals surface area (Å²) in [4.78, 5) is 22.4. The summed E-state index contributed by atoms with van der Waals surface area (Å²) in [7, 11) is 0. The average Bonchev–Trinajstić information content (AvgIpc) is 3.12. The molecule has 7 heteroatoms. The molecule has 2 heterocycles. The second kappa shape index (κ2) is 9.93. The number of anilines is 1. The van der Waals surface area contributed by atoms with Crippen molar-refractivity contribution in [2.24, 2.45) is 0 Å². The number of hydrogen-bond donors (Lipinski definition) is 3. The van der Waals surface area contributed by atoms with Gasteiger partial charge in [-0.15, -0.1) is 24.0 Å². The molecule has 170 valence electrons. The quantitative estimate of drug-likeness (QED) is 0.250. The summed E-state index contributed by atoms with van der Waals surface area (Å²) in [5.41, 5.74) is 5.28. The molecule has 4 aromatic rings. The van der Waals surface area contributed by atoms with Crippen molar-refractivity contribution in [3.8, 4) is 11.3 Å². The molecule has 0 aliphatic rings. The molecule has 0 saturated carbocycles. The van der Waals surface area contributed by atoms with Gasteiger partial charge in [-0.3, -0.25) is 0 Å². The lowest BCUT2D eigenvalue weighted by molar-refractivity contribution is 0.0695. The molecule has 0 bridgehead atoms. The maximum absolute atomic E-state index is 11.6. The van der Waals surface area contributed by atoms with Crippen LogP contribution in [-0.2, 0) is 12.8 Å². The van der Waals surface area contributed by atoms with Gasteiger partial charge >= 0.3 is 5.97 Å². The van der Waals surface area contributed by atoms with Crippen LogP contribution < -0.4 is 5.32 Å². The number of aromatic nitrogens is 2. The van der Waals surface area contributed by atoms with Crippen molar-refractivity contribution in [1.82, 2.24) is 9.97 Å². The molecule has 0 spiro atoms. The summed E-state index contributed by atoms with van der Waals surface area (Å²) in [6, 6.07) is 11.8. The lowest BCUT2D eigenvalue weighted by Gasteiger charge is -2.14. The highest BCUT2D eigenvalue weighted by Crippen LogP contribution is 2.34. The minimum absolute atomic E-state index is 0.298. The number of rotatable bonds is 8. The Balaban J connectivity index is 1.55. The Morgan fingerprint density at radius 2 is 1.94 bits per heavy atom. The number of thiophene rings is 1. The zero-order valence-electron chi connectivity index (χ0n) is 19.0. The molecule has 2 aromatic heterocycles. The first-order chi connectivity index (χ1) is 15.9. The first-order valence-electron chi connectivity index (χ1n) is 11.0. The van der Waals surface area contributed by atoms with Crippen LogP contribution in [0.4, 0.5) is 5.82 Å². The van der Waals surface area contributed by atoms with Gasteiger partial charge in [0.15, 0.2) is 0 Å². The number of thiol groups is 1. The van der Waals surface area contributed by atoms with Gasteiger partial charge in [0.2, 0.25) is 0 Å². The van der Waals surface area contributed by atoms with Crippen LogP contribution in [0.5, 0.6) is 0 Å². The van der Waals surface area contributed by atoms with E-state index < -0.39 is 5.97 Å². The SMILES string of the molecule is CCCc1c(C(=O)O)ccc(-c2cc(NCCc3c(C)sc4c(C)cccc34)ncn2)c1S. The zero-order chi connectivity index (χ0) is 23.5. The second-order valence-corrected chi connectivity index (χ2v) is 9.77. The van der Waals surface area contributed by atoms with Gasteiger partial charge in [0.1, 0.15) is 12.1 Å². The summed E-state index contributed by atoms with van der Waals surface area (Å²) in [5.74, 6) is -0.197. The lowest BCUT2D eigenvalue weighted by Crippen LogP contribution is -2.07. The number of nitrogens with zero attached hydrogens (tertiary/aromatic N) is 2. The van der Waals surface area contributed by atoms with Crippen LogP contribution in [0.15, 0.2) is 47.6 Å². The predicted molar refractivity (Wildman–Crippen MR) is 139 cm³/mol. The van der Waals surface area contributed by atoms with E-state index in [1.165, 1.54) is 32.4 Å². The van der Waals surface area contributed by atoms with Gasteiger partial charge in [0, 0.05) is 32.6 Å². The Morgan fingerprint density at radius 1 is 1.12 bits per heavy atom. The summed E-state index contributed by atoms with van der Waals surface area (Å²) in [6.07, 6.45) is 3.92. The molecule has 0 atom stereocenters. The molecule has 0 radical (unpaired) electrons. The van der Waals surface area contributed by atoms with Crippen LogP contribution in [0.3, 0.4) is 0 Å². The Hall–Kier alpha value is -2.90. The van der Waals surface area contributed by atoms with Crippen molar-refractivity contribution in [3.63, 3.8) is 0 Å². The van der Waals surface area contributed by atoms with Gasteiger partial charge in [-0.05, 0) is 54.8 Å². The van der Waals surface area contributed by atoms with Crippen molar-refractivity contribution >= 4 is 45.8 Å². The third-order valence-electron chi connectivity index (χ3n) is 5.85. The normalized spacial score (nSPS) is 11.2. The summed E-state index contributed by atoms with van der Waals surface area (Å²) in [6.45, 7) is 7.13. The Labute approximate surface area is 203 Å². The van der Waals surface area contributed by atoms with Gasteiger partial charge < -0.3 is 10.4 Å². The first-order valence-corrected chi connectivity index (χ1v) is 12.3. The fraction of sp³-hybridized carbons (Fsp3) is 0.269. The van der Waals surface area contributed by atoms with Crippen LogP contribution in [0.2, 0.25) is 0 Å². The van der Waals surface area contributed by atoms with Crippen LogP contribution in [0, 0.1) is 13.8 Å². The first kappa shape index (κ1) is 23.3. The number of hydrogen-bond acceptors (Lipinski definition) is 6. The maximum Gasteiger partial charge on any atom is 0.336 e. The van der Waals surface area contributed by atoms with Crippen LogP contribution in [-0.4, -0.2) is 27.6 Å². The third kappa shape index (κ3) is 4.75. The van der Waals surface area contributed by atoms with E-state index >= 15 is 0 Å². The molecular formula is C26H27N3O2S2. The number of carboxylic acid groups (broad SMARTS) is 1. The number of aryl methyl sites for hydroxylation is 2. The van der Waals surface area contributed by atoms with Crippen molar-refractivity contribution in [2.45, 2.75) is 44.9 Å². The molecule has 0 unspecified atom stereocenters. The van der Waals surface area contributed by atoms with Crippen molar-refractivity contribution < 1.29 is 9.90 Å². The van der Waals surface area contributed by atoms with E-state index in [-0.39, 0.29) is 0 Å². The van der Waals surface area contributed by atoms with Gasteiger partial charge in [0.25, 0.3) is 0 Å². The number of fused-ring (bicyclic) bond motifs is 1. The van der Waals surface area contributed by atoms with Gasteiger partial charge in [-0.2, -0.15) is 0 Å². The molecule has 2 aromatic carbocycles. The molecule has 0 saturated heterocycles. The second-order valence-electron chi connectivity index (χ2n) is 8.10. The van der Waals surface area contributed by atoms with E-state index in [2.05, 4.69) is 60.0 Å². The minimum atomic E-state index is -0.934. The molecule has 0 aliphatic carbocycles.